The summed E-state index contributed by atoms with van der Waals surface area (Å²) < 4.78 is 18.3. The minimum atomic E-state index is -0.216. The van der Waals surface area contributed by atoms with Gasteiger partial charge in [0, 0.05) is 6.54 Å². The minimum absolute atomic E-state index is 0.216. The second-order valence-corrected chi connectivity index (χ2v) is 4.91. The van der Waals surface area contributed by atoms with Crippen LogP contribution in [0.2, 0.25) is 0 Å². The van der Waals surface area contributed by atoms with E-state index < -0.39 is 0 Å². The Labute approximate surface area is 109 Å². The smallest absolute Gasteiger partial charge is 0.123 e. The van der Waals surface area contributed by atoms with Gasteiger partial charge in [-0.05, 0) is 56.6 Å². The molecule has 0 bridgehead atoms. The highest BCUT2D eigenvalue weighted by atomic mass is 19.1. The molecule has 3 heteroatoms. The first kappa shape index (κ1) is 13.3. The van der Waals surface area contributed by atoms with Crippen molar-refractivity contribution in [2.24, 2.45) is 0 Å². The molecule has 0 amide bonds. The molecule has 1 aliphatic heterocycles. The molecule has 2 nitrogen and oxygen atoms in total. The lowest BCUT2D eigenvalue weighted by atomic mass is 10.2. The van der Waals surface area contributed by atoms with E-state index in [0.717, 1.165) is 18.7 Å². The predicted molar refractivity (Wildman–Crippen MR) is 71.4 cm³/mol. The van der Waals surface area contributed by atoms with Crippen LogP contribution < -0.4 is 4.74 Å². The standard InChI is InChI=1S/C15H22FNO/c16-14-6-8-15(9-7-14)18-13-5-12-17-10-3-1-2-4-11-17/h6-9H,1-5,10-13H2. The van der Waals surface area contributed by atoms with Crippen molar-refractivity contribution in [2.45, 2.75) is 32.1 Å². The molecule has 2 rings (SSSR count). The van der Waals surface area contributed by atoms with Crippen LogP contribution >= 0.6 is 0 Å². The highest BCUT2D eigenvalue weighted by Gasteiger charge is 2.08. The summed E-state index contributed by atoms with van der Waals surface area (Å²) >= 11 is 0. The fourth-order valence-corrected chi connectivity index (χ4v) is 2.37. The van der Waals surface area contributed by atoms with Crippen molar-refractivity contribution >= 4 is 0 Å². The van der Waals surface area contributed by atoms with Crippen LogP contribution in [-0.4, -0.2) is 31.1 Å². The molecule has 0 aliphatic carbocycles. The summed E-state index contributed by atoms with van der Waals surface area (Å²) in [5.74, 6) is 0.541. The number of hydrogen-bond acceptors (Lipinski definition) is 2. The third-order valence-corrected chi connectivity index (χ3v) is 3.40. The lowest BCUT2D eigenvalue weighted by Gasteiger charge is -2.19. The van der Waals surface area contributed by atoms with Crippen LogP contribution in [0.5, 0.6) is 5.75 Å². The lowest BCUT2D eigenvalue weighted by Crippen LogP contribution is -2.26. The molecule has 1 aromatic rings. The average molecular weight is 251 g/mol. The maximum Gasteiger partial charge on any atom is 0.123 e. The van der Waals surface area contributed by atoms with Crippen LogP contribution in [0.15, 0.2) is 24.3 Å². The van der Waals surface area contributed by atoms with Crippen molar-refractivity contribution in [2.75, 3.05) is 26.2 Å². The van der Waals surface area contributed by atoms with E-state index in [1.807, 2.05) is 0 Å². The first-order valence-corrected chi connectivity index (χ1v) is 6.95. The first-order chi connectivity index (χ1) is 8.84. The second kappa shape index (κ2) is 7.37. The fraction of sp³-hybridized carbons (Fsp3) is 0.600. The van der Waals surface area contributed by atoms with Gasteiger partial charge in [0.05, 0.1) is 6.61 Å². The van der Waals surface area contributed by atoms with Gasteiger partial charge in [0.2, 0.25) is 0 Å². The average Bonchev–Trinajstić information content (AvgIpc) is 2.65. The van der Waals surface area contributed by atoms with E-state index in [4.69, 9.17) is 4.74 Å². The van der Waals surface area contributed by atoms with Crippen LogP contribution in [0.1, 0.15) is 32.1 Å². The van der Waals surface area contributed by atoms with E-state index in [1.165, 1.54) is 50.9 Å². The summed E-state index contributed by atoms with van der Waals surface area (Å²) in [6.45, 7) is 4.29. The molecule has 1 heterocycles. The Morgan fingerprint density at radius 1 is 1.00 bits per heavy atom. The van der Waals surface area contributed by atoms with E-state index in [0.29, 0.717) is 6.61 Å². The molecule has 18 heavy (non-hydrogen) atoms. The number of benzene rings is 1. The lowest BCUT2D eigenvalue weighted by molar-refractivity contribution is 0.240. The van der Waals surface area contributed by atoms with E-state index >= 15 is 0 Å². The Morgan fingerprint density at radius 2 is 1.67 bits per heavy atom. The molecule has 0 saturated carbocycles. The summed E-state index contributed by atoms with van der Waals surface area (Å²) in [4.78, 5) is 2.53. The SMILES string of the molecule is Fc1ccc(OCCCN2CCCCCC2)cc1. The summed E-state index contributed by atoms with van der Waals surface area (Å²) in [7, 11) is 0. The van der Waals surface area contributed by atoms with Gasteiger partial charge in [0.1, 0.15) is 11.6 Å². The summed E-state index contributed by atoms with van der Waals surface area (Å²) in [6, 6.07) is 6.23. The third kappa shape index (κ3) is 4.65. The largest absolute Gasteiger partial charge is 0.494 e. The molecule has 0 unspecified atom stereocenters. The van der Waals surface area contributed by atoms with Crippen LogP contribution in [0.4, 0.5) is 4.39 Å². The molecular weight excluding hydrogens is 229 g/mol. The van der Waals surface area contributed by atoms with Gasteiger partial charge in [-0.25, -0.2) is 4.39 Å². The highest BCUT2D eigenvalue weighted by molar-refractivity contribution is 5.21. The molecule has 0 N–H and O–H groups in total. The summed E-state index contributed by atoms with van der Waals surface area (Å²) in [5, 5.41) is 0. The van der Waals surface area contributed by atoms with E-state index in [9.17, 15) is 4.39 Å². The Kier molecular flexibility index (Phi) is 5.46. The highest BCUT2D eigenvalue weighted by Crippen LogP contribution is 2.12. The Balaban J connectivity index is 1.61. The molecule has 0 radical (unpaired) electrons. The monoisotopic (exact) mass is 251 g/mol. The first-order valence-electron chi connectivity index (χ1n) is 6.95. The van der Waals surface area contributed by atoms with Crippen molar-refractivity contribution in [3.05, 3.63) is 30.1 Å². The van der Waals surface area contributed by atoms with Gasteiger partial charge in [0.25, 0.3) is 0 Å². The van der Waals surface area contributed by atoms with Crippen LogP contribution in [-0.2, 0) is 0 Å². The molecule has 100 valence electrons. The van der Waals surface area contributed by atoms with Gasteiger partial charge in [-0.15, -0.1) is 0 Å². The van der Waals surface area contributed by atoms with Gasteiger partial charge in [-0.1, -0.05) is 12.8 Å². The molecule has 0 atom stereocenters. The summed E-state index contributed by atoms with van der Waals surface area (Å²) in [5.41, 5.74) is 0. The van der Waals surface area contributed by atoms with Gasteiger partial charge < -0.3 is 9.64 Å². The number of nitrogens with zero attached hydrogens (tertiary/aromatic N) is 1. The molecule has 1 aromatic carbocycles. The van der Waals surface area contributed by atoms with Crippen molar-refractivity contribution in [1.82, 2.24) is 4.90 Å². The number of halogens is 1. The maximum absolute atomic E-state index is 12.7. The zero-order valence-corrected chi connectivity index (χ0v) is 10.9. The molecule has 1 fully saturated rings. The Morgan fingerprint density at radius 3 is 2.33 bits per heavy atom. The number of likely N-dealkylation sites (tertiary alicyclic amines) is 1. The quantitative estimate of drug-likeness (QED) is 0.743. The van der Waals surface area contributed by atoms with E-state index in [2.05, 4.69) is 4.90 Å². The maximum atomic E-state index is 12.7. The third-order valence-electron chi connectivity index (χ3n) is 3.40. The predicted octanol–water partition coefficient (Wildman–Crippen LogP) is 3.47. The molecular formula is C15H22FNO. The second-order valence-electron chi connectivity index (χ2n) is 4.91. The van der Waals surface area contributed by atoms with Crippen molar-refractivity contribution in [3.8, 4) is 5.75 Å². The number of ether oxygens (including phenoxy) is 1. The molecule has 1 saturated heterocycles. The molecule has 0 spiro atoms. The normalized spacial score (nSPS) is 17.4. The van der Waals surface area contributed by atoms with Crippen LogP contribution in [0, 0.1) is 5.82 Å². The topological polar surface area (TPSA) is 12.5 Å². The zero-order chi connectivity index (χ0) is 12.6. The van der Waals surface area contributed by atoms with Crippen molar-refractivity contribution in [1.29, 1.82) is 0 Å². The van der Waals surface area contributed by atoms with E-state index in [-0.39, 0.29) is 5.82 Å². The fourth-order valence-electron chi connectivity index (χ4n) is 2.37. The van der Waals surface area contributed by atoms with Gasteiger partial charge >= 0.3 is 0 Å². The van der Waals surface area contributed by atoms with Gasteiger partial charge in [-0.2, -0.15) is 0 Å². The minimum Gasteiger partial charge on any atom is -0.494 e. The molecule has 0 aromatic heterocycles. The van der Waals surface area contributed by atoms with Gasteiger partial charge in [0.15, 0.2) is 0 Å². The number of rotatable bonds is 5. The van der Waals surface area contributed by atoms with Crippen LogP contribution in [0.25, 0.3) is 0 Å². The van der Waals surface area contributed by atoms with Gasteiger partial charge in [-0.3, -0.25) is 0 Å². The van der Waals surface area contributed by atoms with Crippen molar-refractivity contribution < 1.29 is 9.13 Å². The number of hydrogen-bond donors (Lipinski definition) is 0. The Bertz CT molecular complexity index is 331. The van der Waals surface area contributed by atoms with Crippen LogP contribution in [0.3, 0.4) is 0 Å². The molecule has 1 aliphatic rings. The summed E-state index contributed by atoms with van der Waals surface area (Å²) in [6.07, 6.45) is 6.46. The Hall–Kier alpha value is -1.09. The van der Waals surface area contributed by atoms with Crippen molar-refractivity contribution in [3.63, 3.8) is 0 Å². The zero-order valence-electron chi connectivity index (χ0n) is 10.9. The van der Waals surface area contributed by atoms with E-state index in [1.54, 1.807) is 12.1 Å².